The molecular formula is C22H27N3O3. The number of rotatable bonds is 5. The fraction of sp³-hybridized carbons (Fsp3) is 0.455. The van der Waals surface area contributed by atoms with Crippen molar-refractivity contribution in [1.29, 1.82) is 0 Å². The summed E-state index contributed by atoms with van der Waals surface area (Å²) in [4.78, 5) is 5.84. The van der Waals surface area contributed by atoms with Gasteiger partial charge in [0.15, 0.2) is 6.23 Å². The SMILES string of the molecule is COC1NC=C(C)c2[nH]cc(C(OC)N3CC4CC4(c4cccc(O)c4)C3)c21. The quantitative estimate of drug-likeness (QED) is 0.742. The number of ether oxygens (including phenoxy) is 2. The normalized spacial score (nSPS) is 29.6. The van der Waals surface area contributed by atoms with Gasteiger partial charge in [-0.1, -0.05) is 12.1 Å². The van der Waals surface area contributed by atoms with Crippen LogP contribution in [0.25, 0.3) is 5.57 Å². The van der Waals surface area contributed by atoms with Gasteiger partial charge in [-0.2, -0.15) is 0 Å². The van der Waals surface area contributed by atoms with E-state index in [-0.39, 0.29) is 17.9 Å². The van der Waals surface area contributed by atoms with Crippen LogP contribution in [0.4, 0.5) is 0 Å². The lowest BCUT2D eigenvalue weighted by Crippen LogP contribution is -2.33. The Hall–Kier alpha value is -2.28. The first-order chi connectivity index (χ1) is 13.6. The molecule has 3 aliphatic rings. The van der Waals surface area contributed by atoms with E-state index in [1.807, 2.05) is 18.3 Å². The van der Waals surface area contributed by atoms with Crippen molar-refractivity contribution in [1.82, 2.24) is 15.2 Å². The molecule has 1 aromatic carbocycles. The maximum absolute atomic E-state index is 9.92. The molecule has 2 fully saturated rings. The minimum Gasteiger partial charge on any atom is -0.508 e. The summed E-state index contributed by atoms with van der Waals surface area (Å²) in [6, 6.07) is 7.74. The molecule has 4 unspecified atom stereocenters. The lowest BCUT2D eigenvalue weighted by atomic mass is 9.94. The van der Waals surface area contributed by atoms with Gasteiger partial charge in [-0.05, 0) is 42.5 Å². The largest absolute Gasteiger partial charge is 0.508 e. The first-order valence-corrected chi connectivity index (χ1v) is 9.81. The highest BCUT2D eigenvalue weighted by atomic mass is 16.5. The van der Waals surface area contributed by atoms with Crippen LogP contribution >= 0.6 is 0 Å². The van der Waals surface area contributed by atoms with Crippen LogP contribution in [0, 0.1) is 5.92 Å². The van der Waals surface area contributed by atoms with E-state index in [1.165, 1.54) is 12.0 Å². The van der Waals surface area contributed by atoms with Crippen LogP contribution < -0.4 is 5.32 Å². The Morgan fingerprint density at radius 3 is 2.93 bits per heavy atom. The molecule has 6 heteroatoms. The zero-order chi connectivity index (χ0) is 19.5. The molecular weight excluding hydrogens is 354 g/mol. The predicted molar refractivity (Wildman–Crippen MR) is 107 cm³/mol. The van der Waals surface area contributed by atoms with Gasteiger partial charge in [0.2, 0.25) is 0 Å². The third kappa shape index (κ3) is 2.52. The van der Waals surface area contributed by atoms with Crippen LogP contribution in [0.15, 0.2) is 36.7 Å². The number of nitrogens with zero attached hydrogens (tertiary/aromatic N) is 1. The standard InChI is InChI=1S/C22H27N3O3/c1-13-9-24-20(27-2)18-17(10-23-19(13)18)21(28-3)25-11-15-8-22(15,12-25)14-5-4-6-16(26)7-14/h4-7,9-10,15,20-21,23-24,26H,8,11-12H2,1-3H3. The molecule has 28 heavy (non-hydrogen) atoms. The first-order valence-electron chi connectivity index (χ1n) is 9.81. The third-order valence-corrected chi connectivity index (χ3v) is 6.71. The molecule has 148 valence electrons. The number of H-pyrrole nitrogens is 1. The molecule has 0 bridgehead atoms. The number of hydrogen-bond donors (Lipinski definition) is 3. The molecule has 5 rings (SSSR count). The number of phenols is 1. The summed E-state index contributed by atoms with van der Waals surface area (Å²) in [6.07, 6.45) is 4.90. The molecule has 1 aliphatic carbocycles. The second-order valence-electron chi connectivity index (χ2n) is 8.27. The molecule has 0 radical (unpaired) electrons. The molecule has 1 saturated carbocycles. The second kappa shape index (κ2) is 6.37. The van der Waals surface area contributed by atoms with Crippen molar-refractivity contribution in [3.63, 3.8) is 0 Å². The zero-order valence-electron chi connectivity index (χ0n) is 16.5. The number of allylic oxidation sites excluding steroid dienone is 1. The summed E-state index contributed by atoms with van der Waals surface area (Å²) in [7, 11) is 3.49. The first kappa shape index (κ1) is 17.8. The van der Waals surface area contributed by atoms with E-state index in [2.05, 4.69) is 34.4 Å². The van der Waals surface area contributed by atoms with Crippen molar-refractivity contribution in [3.05, 3.63) is 59.0 Å². The van der Waals surface area contributed by atoms with Gasteiger partial charge in [0.1, 0.15) is 12.0 Å². The Kier molecular flexibility index (Phi) is 4.05. The minimum absolute atomic E-state index is 0.132. The zero-order valence-corrected chi connectivity index (χ0v) is 16.5. The number of fused-ring (bicyclic) bond motifs is 2. The minimum atomic E-state index is -0.185. The van der Waals surface area contributed by atoms with Crippen molar-refractivity contribution in [2.24, 2.45) is 5.92 Å². The average Bonchev–Trinajstić information content (AvgIpc) is 3.04. The van der Waals surface area contributed by atoms with Gasteiger partial charge >= 0.3 is 0 Å². The smallest absolute Gasteiger partial charge is 0.155 e. The fourth-order valence-corrected chi connectivity index (χ4v) is 5.24. The van der Waals surface area contributed by atoms with Gasteiger partial charge in [-0.3, -0.25) is 4.90 Å². The fourth-order valence-electron chi connectivity index (χ4n) is 5.24. The van der Waals surface area contributed by atoms with Crippen molar-refractivity contribution >= 4 is 5.57 Å². The number of methoxy groups -OCH3 is 2. The average molecular weight is 381 g/mol. The van der Waals surface area contributed by atoms with E-state index in [0.717, 1.165) is 35.5 Å². The van der Waals surface area contributed by atoms with E-state index in [0.29, 0.717) is 11.7 Å². The summed E-state index contributed by atoms with van der Waals surface area (Å²) in [5, 5.41) is 13.2. The number of aromatic amines is 1. The number of hydrogen-bond acceptors (Lipinski definition) is 5. The van der Waals surface area contributed by atoms with Crippen LogP contribution in [0.2, 0.25) is 0 Å². The van der Waals surface area contributed by atoms with Crippen molar-refractivity contribution in [2.75, 3.05) is 27.3 Å². The predicted octanol–water partition coefficient (Wildman–Crippen LogP) is 3.25. The molecule has 3 N–H and O–H groups in total. The highest BCUT2D eigenvalue weighted by molar-refractivity contribution is 5.67. The molecule has 1 saturated heterocycles. The van der Waals surface area contributed by atoms with E-state index >= 15 is 0 Å². The number of phenolic OH excluding ortho intramolecular Hbond substituents is 1. The van der Waals surface area contributed by atoms with Gasteiger partial charge in [-0.25, -0.2) is 0 Å². The summed E-state index contributed by atoms with van der Waals surface area (Å²) in [5.41, 5.74) is 5.89. The molecule has 2 aliphatic heterocycles. The lowest BCUT2D eigenvalue weighted by molar-refractivity contribution is -0.0316. The van der Waals surface area contributed by atoms with Crippen LogP contribution in [-0.2, 0) is 14.9 Å². The number of likely N-dealkylation sites (tertiary alicyclic amines) is 1. The molecule has 4 atom stereocenters. The van der Waals surface area contributed by atoms with Crippen LogP contribution in [0.5, 0.6) is 5.75 Å². The summed E-state index contributed by atoms with van der Waals surface area (Å²) >= 11 is 0. The number of benzene rings is 1. The van der Waals surface area contributed by atoms with Crippen molar-refractivity contribution in [2.45, 2.75) is 31.2 Å². The number of aromatic hydroxyl groups is 1. The monoisotopic (exact) mass is 381 g/mol. The Bertz CT molecular complexity index is 937. The summed E-state index contributed by atoms with van der Waals surface area (Å²) in [6.45, 7) is 4.01. The van der Waals surface area contributed by atoms with Gasteiger partial charge < -0.3 is 24.9 Å². The number of piperidine rings is 1. The third-order valence-electron chi connectivity index (χ3n) is 6.71. The molecule has 0 amide bonds. The highest BCUT2D eigenvalue weighted by Gasteiger charge is 2.61. The maximum Gasteiger partial charge on any atom is 0.155 e. The lowest BCUT2D eigenvalue weighted by Gasteiger charge is -2.32. The van der Waals surface area contributed by atoms with Gasteiger partial charge in [-0.15, -0.1) is 0 Å². The Labute approximate surface area is 165 Å². The van der Waals surface area contributed by atoms with Gasteiger partial charge in [0.25, 0.3) is 0 Å². The Morgan fingerprint density at radius 1 is 1.32 bits per heavy atom. The van der Waals surface area contributed by atoms with E-state index in [1.54, 1.807) is 20.3 Å². The maximum atomic E-state index is 9.92. The molecule has 3 heterocycles. The molecule has 6 nitrogen and oxygen atoms in total. The van der Waals surface area contributed by atoms with Crippen molar-refractivity contribution in [3.8, 4) is 5.75 Å². The second-order valence-corrected chi connectivity index (χ2v) is 8.27. The molecule has 1 aromatic heterocycles. The Balaban J connectivity index is 1.46. The van der Waals surface area contributed by atoms with E-state index in [4.69, 9.17) is 9.47 Å². The van der Waals surface area contributed by atoms with E-state index < -0.39 is 0 Å². The van der Waals surface area contributed by atoms with Crippen LogP contribution in [0.3, 0.4) is 0 Å². The number of nitrogens with one attached hydrogen (secondary N) is 2. The van der Waals surface area contributed by atoms with Gasteiger partial charge in [0, 0.05) is 56.2 Å². The van der Waals surface area contributed by atoms with Crippen molar-refractivity contribution < 1.29 is 14.6 Å². The molecule has 0 spiro atoms. The van der Waals surface area contributed by atoms with E-state index in [9.17, 15) is 5.11 Å². The Morgan fingerprint density at radius 2 is 2.18 bits per heavy atom. The van der Waals surface area contributed by atoms with Crippen LogP contribution in [0.1, 0.15) is 48.2 Å². The van der Waals surface area contributed by atoms with Gasteiger partial charge in [0.05, 0.1) is 5.69 Å². The topological polar surface area (TPSA) is 69.8 Å². The van der Waals surface area contributed by atoms with Crippen LogP contribution in [-0.4, -0.2) is 42.3 Å². The highest BCUT2D eigenvalue weighted by Crippen LogP contribution is 2.60. The summed E-state index contributed by atoms with van der Waals surface area (Å²) < 4.78 is 11.7. The number of aromatic nitrogens is 1. The molecule has 2 aromatic rings. The summed E-state index contributed by atoms with van der Waals surface area (Å²) in [5.74, 6) is 0.954.